The quantitative estimate of drug-likeness (QED) is 0.302. The molecular formula is C19H25F4O7S-. The van der Waals surface area contributed by atoms with Crippen molar-refractivity contribution in [3.63, 3.8) is 0 Å². The normalized spacial score (nSPS) is 29.7. The van der Waals surface area contributed by atoms with Gasteiger partial charge in [0.2, 0.25) is 0 Å². The number of carbonyl (C=O) groups excluding carboxylic acids is 2. The first kappa shape index (κ1) is 24.2. The largest absolute Gasteiger partial charge is 0.743 e. The van der Waals surface area contributed by atoms with Gasteiger partial charge in [-0.3, -0.25) is 9.59 Å². The van der Waals surface area contributed by atoms with Crippen molar-refractivity contribution in [2.75, 3.05) is 0 Å². The van der Waals surface area contributed by atoms with E-state index in [1.165, 1.54) is 0 Å². The minimum absolute atomic E-state index is 0.0216. The van der Waals surface area contributed by atoms with Gasteiger partial charge >= 0.3 is 23.1 Å². The highest BCUT2D eigenvalue weighted by Gasteiger charge is 2.61. The van der Waals surface area contributed by atoms with Crippen LogP contribution in [0.1, 0.15) is 64.2 Å². The Hall–Kier alpha value is -1.43. The molecule has 0 aliphatic heterocycles. The SMILES string of the molecule is O=C(CCC(F)(F)C(F)(F)S(=O)(=O)[O-])OC1C2CCC(C2)C1OC(=O)C1CCCCC1. The molecule has 178 valence electrons. The van der Waals surface area contributed by atoms with E-state index in [4.69, 9.17) is 9.47 Å². The molecule has 0 aromatic carbocycles. The fourth-order valence-corrected chi connectivity index (χ4v) is 5.35. The van der Waals surface area contributed by atoms with Crippen molar-refractivity contribution in [2.24, 2.45) is 17.8 Å². The first-order chi connectivity index (χ1) is 14.3. The van der Waals surface area contributed by atoms with Gasteiger partial charge in [-0.2, -0.15) is 17.6 Å². The number of ether oxygens (including phenoxy) is 2. The van der Waals surface area contributed by atoms with Crippen molar-refractivity contribution in [3.05, 3.63) is 0 Å². The van der Waals surface area contributed by atoms with Crippen LogP contribution in [0.4, 0.5) is 17.6 Å². The lowest BCUT2D eigenvalue weighted by molar-refractivity contribution is -0.182. The Balaban J connectivity index is 1.58. The molecule has 3 fully saturated rings. The van der Waals surface area contributed by atoms with Crippen LogP contribution in [-0.4, -0.2) is 48.3 Å². The molecule has 3 rings (SSSR count). The van der Waals surface area contributed by atoms with Crippen LogP contribution in [0.15, 0.2) is 0 Å². The van der Waals surface area contributed by atoms with Crippen LogP contribution >= 0.6 is 0 Å². The molecule has 4 unspecified atom stereocenters. The van der Waals surface area contributed by atoms with Gasteiger partial charge in [0.05, 0.1) is 12.3 Å². The lowest BCUT2D eigenvalue weighted by Gasteiger charge is -2.32. The number of hydrogen-bond donors (Lipinski definition) is 0. The Bertz CT molecular complexity index is 795. The predicted molar refractivity (Wildman–Crippen MR) is 96.0 cm³/mol. The summed E-state index contributed by atoms with van der Waals surface area (Å²) < 4.78 is 95.7. The van der Waals surface area contributed by atoms with Crippen LogP contribution in [0.25, 0.3) is 0 Å². The third-order valence-corrected chi connectivity index (χ3v) is 7.53. The van der Waals surface area contributed by atoms with Crippen molar-refractivity contribution < 1.29 is 49.6 Å². The highest BCUT2D eigenvalue weighted by molar-refractivity contribution is 7.86. The van der Waals surface area contributed by atoms with E-state index in [2.05, 4.69) is 0 Å². The second-order valence-corrected chi connectivity index (χ2v) is 10.1. The summed E-state index contributed by atoms with van der Waals surface area (Å²) >= 11 is 0. The van der Waals surface area contributed by atoms with Crippen LogP contribution in [0.3, 0.4) is 0 Å². The number of alkyl halides is 4. The second-order valence-electron chi connectivity index (χ2n) is 8.70. The fourth-order valence-electron chi connectivity index (χ4n) is 4.88. The molecule has 0 amide bonds. The lowest BCUT2D eigenvalue weighted by Crippen LogP contribution is -2.47. The number of hydrogen-bond acceptors (Lipinski definition) is 7. The molecule has 0 N–H and O–H groups in total. The summed E-state index contributed by atoms with van der Waals surface area (Å²) in [4.78, 5) is 24.6. The van der Waals surface area contributed by atoms with Crippen LogP contribution < -0.4 is 0 Å². The van der Waals surface area contributed by atoms with Gasteiger partial charge in [0.15, 0.2) is 10.1 Å². The van der Waals surface area contributed by atoms with E-state index in [1.807, 2.05) is 0 Å². The van der Waals surface area contributed by atoms with Crippen LogP contribution in [-0.2, 0) is 29.2 Å². The average Bonchev–Trinajstić information content (AvgIpc) is 3.29. The number of rotatable bonds is 8. The molecule has 0 heterocycles. The highest BCUT2D eigenvalue weighted by Crippen LogP contribution is 2.48. The van der Waals surface area contributed by atoms with Crippen LogP contribution in [0.2, 0.25) is 0 Å². The van der Waals surface area contributed by atoms with E-state index in [9.17, 15) is 40.1 Å². The lowest BCUT2D eigenvalue weighted by atomic mass is 9.89. The highest BCUT2D eigenvalue weighted by atomic mass is 32.2. The van der Waals surface area contributed by atoms with Crippen molar-refractivity contribution in [1.29, 1.82) is 0 Å². The van der Waals surface area contributed by atoms with Crippen molar-refractivity contribution in [2.45, 2.75) is 87.6 Å². The number of carbonyl (C=O) groups is 2. The van der Waals surface area contributed by atoms with Gasteiger partial charge in [-0.1, -0.05) is 19.3 Å². The van der Waals surface area contributed by atoms with Crippen molar-refractivity contribution in [1.82, 2.24) is 0 Å². The zero-order valence-electron chi connectivity index (χ0n) is 16.7. The summed E-state index contributed by atoms with van der Waals surface area (Å²) in [5.74, 6) is -7.21. The van der Waals surface area contributed by atoms with Gasteiger partial charge < -0.3 is 14.0 Å². The molecule has 31 heavy (non-hydrogen) atoms. The molecule has 12 heteroatoms. The first-order valence-electron chi connectivity index (χ1n) is 10.4. The molecule has 0 radical (unpaired) electrons. The molecule has 0 spiro atoms. The molecule has 0 aromatic rings. The maximum atomic E-state index is 13.6. The van der Waals surface area contributed by atoms with E-state index in [-0.39, 0.29) is 23.7 Å². The van der Waals surface area contributed by atoms with Gasteiger partial charge in [-0.05, 0) is 32.1 Å². The van der Waals surface area contributed by atoms with Crippen LogP contribution in [0, 0.1) is 17.8 Å². The third-order valence-electron chi connectivity index (χ3n) is 6.61. The Kier molecular flexibility index (Phi) is 6.90. The number of halogens is 4. The molecular weight excluding hydrogens is 448 g/mol. The Labute approximate surface area is 177 Å². The van der Waals surface area contributed by atoms with E-state index in [0.717, 1.165) is 38.5 Å². The van der Waals surface area contributed by atoms with Gasteiger partial charge in [0.25, 0.3) is 0 Å². The summed E-state index contributed by atoms with van der Waals surface area (Å²) in [5, 5.41) is -5.84. The molecule has 7 nitrogen and oxygen atoms in total. The molecule has 3 aliphatic carbocycles. The summed E-state index contributed by atoms with van der Waals surface area (Å²) in [6, 6.07) is 0. The Morgan fingerprint density at radius 2 is 1.45 bits per heavy atom. The van der Waals surface area contributed by atoms with Gasteiger partial charge in [0, 0.05) is 18.3 Å². The van der Waals surface area contributed by atoms with Gasteiger partial charge in [-0.15, -0.1) is 0 Å². The van der Waals surface area contributed by atoms with Crippen molar-refractivity contribution in [3.8, 4) is 0 Å². The average molecular weight is 473 g/mol. The maximum absolute atomic E-state index is 13.6. The smallest absolute Gasteiger partial charge is 0.396 e. The van der Waals surface area contributed by atoms with E-state index >= 15 is 0 Å². The van der Waals surface area contributed by atoms with E-state index < -0.39 is 52.3 Å². The summed E-state index contributed by atoms with van der Waals surface area (Å²) in [6.45, 7) is 0. The topological polar surface area (TPSA) is 110 Å². The summed E-state index contributed by atoms with van der Waals surface area (Å²) in [6.07, 6.45) is 1.81. The Morgan fingerprint density at radius 3 is 2.00 bits per heavy atom. The third kappa shape index (κ3) is 4.99. The van der Waals surface area contributed by atoms with E-state index in [1.54, 1.807) is 0 Å². The minimum Gasteiger partial charge on any atom is -0.743 e. The monoisotopic (exact) mass is 473 g/mol. The summed E-state index contributed by atoms with van der Waals surface area (Å²) in [7, 11) is -6.61. The minimum atomic E-state index is -6.61. The molecule has 0 saturated heterocycles. The zero-order valence-corrected chi connectivity index (χ0v) is 17.6. The first-order valence-corrected chi connectivity index (χ1v) is 11.9. The molecule has 2 bridgehead atoms. The maximum Gasteiger partial charge on any atom is 0.396 e. The second kappa shape index (κ2) is 8.84. The fraction of sp³-hybridized carbons (Fsp3) is 0.895. The number of fused-ring (bicyclic) bond motifs is 2. The molecule has 4 atom stereocenters. The molecule has 3 aliphatic rings. The molecule has 0 aromatic heterocycles. The standard InChI is InChI=1S/C19H26F4O7S/c20-18(21,19(22,23)31(26,27)28)9-8-14(24)29-15-12-6-7-13(10-12)16(15)30-17(25)11-4-2-1-3-5-11/h11-13,15-16H,1-10H2,(H,26,27,28)/p-1. The van der Waals surface area contributed by atoms with Crippen LogP contribution in [0.5, 0.6) is 0 Å². The zero-order chi connectivity index (χ0) is 23.0. The van der Waals surface area contributed by atoms with Gasteiger partial charge in [0.1, 0.15) is 12.2 Å². The van der Waals surface area contributed by atoms with Gasteiger partial charge in [-0.25, -0.2) is 8.42 Å². The summed E-state index contributed by atoms with van der Waals surface area (Å²) in [5.41, 5.74) is 0. The Morgan fingerprint density at radius 1 is 0.903 bits per heavy atom. The van der Waals surface area contributed by atoms with Crippen molar-refractivity contribution >= 4 is 22.1 Å². The van der Waals surface area contributed by atoms with E-state index in [0.29, 0.717) is 12.8 Å². The molecule has 3 saturated carbocycles. The predicted octanol–water partition coefficient (Wildman–Crippen LogP) is 3.37. The number of esters is 2.